The Balaban J connectivity index is 1.34. The molecule has 41 heavy (non-hydrogen) atoms. The number of nitrogens with one attached hydrogen (secondary N) is 2. The number of sulfonamides is 1. The molecule has 2 aromatic carbocycles. The summed E-state index contributed by atoms with van der Waals surface area (Å²) in [6.07, 6.45) is 3.60. The molecule has 1 aliphatic rings. The van der Waals surface area contributed by atoms with Crippen molar-refractivity contribution in [2.45, 2.75) is 50.8 Å². The first kappa shape index (κ1) is 28.1. The minimum absolute atomic E-state index is 0.0264. The van der Waals surface area contributed by atoms with E-state index in [0.717, 1.165) is 16.7 Å². The van der Waals surface area contributed by atoms with E-state index < -0.39 is 21.7 Å². The van der Waals surface area contributed by atoms with Crippen LogP contribution in [0.1, 0.15) is 37.5 Å². The fraction of sp³-hybridized carbons (Fsp3) is 0.370. The number of fused-ring (bicyclic) bond motifs is 2. The molecule has 0 unspecified atom stereocenters. The van der Waals surface area contributed by atoms with E-state index in [1.807, 2.05) is 0 Å². The number of carbonyl (C=O) groups is 1. The van der Waals surface area contributed by atoms with Crippen molar-refractivity contribution < 1.29 is 36.7 Å². The Morgan fingerprint density at radius 1 is 1.10 bits per heavy atom. The van der Waals surface area contributed by atoms with Crippen LogP contribution in [0, 0.1) is 0 Å². The third-order valence-electron chi connectivity index (χ3n) is 6.18. The Morgan fingerprint density at radius 3 is 2.61 bits per heavy atom. The summed E-state index contributed by atoms with van der Waals surface area (Å²) >= 11 is 0. The molecule has 0 fully saturated rings. The molecule has 1 amide bonds. The van der Waals surface area contributed by atoms with Gasteiger partial charge in [0.15, 0.2) is 11.4 Å². The van der Waals surface area contributed by atoms with Gasteiger partial charge in [0.2, 0.25) is 0 Å². The van der Waals surface area contributed by atoms with E-state index in [1.165, 1.54) is 20.3 Å². The molecule has 0 bridgehead atoms. The molecule has 1 aliphatic heterocycles. The van der Waals surface area contributed by atoms with Gasteiger partial charge in [0.05, 0.1) is 33.6 Å². The lowest BCUT2D eigenvalue weighted by atomic mass is 10.1. The second kappa shape index (κ2) is 10.8. The van der Waals surface area contributed by atoms with Crippen molar-refractivity contribution in [1.29, 1.82) is 0 Å². The molecule has 3 heterocycles. The van der Waals surface area contributed by atoms with Gasteiger partial charge in [-0.25, -0.2) is 13.2 Å². The highest BCUT2D eigenvalue weighted by molar-refractivity contribution is 7.92. The Morgan fingerprint density at radius 2 is 1.88 bits per heavy atom. The summed E-state index contributed by atoms with van der Waals surface area (Å²) in [5.41, 5.74) is 2.17. The van der Waals surface area contributed by atoms with Crippen LogP contribution in [0.25, 0.3) is 11.0 Å². The second-order valence-electron chi connectivity index (χ2n) is 10.4. The van der Waals surface area contributed by atoms with E-state index in [9.17, 15) is 13.2 Å². The molecule has 0 spiro atoms. The highest BCUT2D eigenvalue weighted by Crippen LogP contribution is 2.38. The lowest BCUT2D eigenvalue weighted by Crippen LogP contribution is -2.32. The van der Waals surface area contributed by atoms with E-state index in [4.69, 9.17) is 23.5 Å². The molecule has 0 aliphatic carbocycles. The predicted molar refractivity (Wildman–Crippen MR) is 148 cm³/mol. The number of ether oxygens (including phenoxy) is 4. The highest BCUT2D eigenvalue weighted by Gasteiger charge is 2.27. The quantitative estimate of drug-likeness (QED) is 0.296. The third kappa shape index (κ3) is 6.16. The summed E-state index contributed by atoms with van der Waals surface area (Å²) in [5, 5.41) is 11.4. The van der Waals surface area contributed by atoms with E-state index in [0.29, 0.717) is 42.0 Å². The molecular weight excluding hydrogens is 554 g/mol. The van der Waals surface area contributed by atoms with Gasteiger partial charge in [-0.05, 0) is 44.5 Å². The van der Waals surface area contributed by atoms with Crippen LogP contribution in [-0.2, 0) is 34.3 Å². The number of hydrogen-bond donors (Lipinski definition) is 2. The normalized spacial score (nSPS) is 13.0. The molecule has 218 valence electrons. The first-order chi connectivity index (χ1) is 19.5. The maximum Gasteiger partial charge on any atom is 0.407 e. The van der Waals surface area contributed by atoms with Crippen LogP contribution < -0.4 is 24.2 Å². The highest BCUT2D eigenvalue weighted by atomic mass is 32.2. The molecule has 2 N–H and O–H groups in total. The fourth-order valence-electron chi connectivity index (χ4n) is 4.41. The summed E-state index contributed by atoms with van der Waals surface area (Å²) in [4.78, 5) is 11.8. The Bertz CT molecular complexity index is 1700. The van der Waals surface area contributed by atoms with Crippen LogP contribution in [0.3, 0.4) is 0 Å². The van der Waals surface area contributed by atoms with Crippen molar-refractivity contribution in [3.8, 4) is 17.2 Å². The summed E-state index contributed by atoms with van der Waals surface area (Å²) in [6.45, 7) is 6.47. The molecule has 14 heteroatoms. The number of carbonyl (C=O) groups excluding carboxylic acids is 1. The second-order valence-corrected chi connectivity index (χ2v) is 12.1. The molecule has 0 atom stereocenters. The van der Waals surface area contributed by atoms with E-state index in [2.05, 4.69) is 20.3 Å². The van der Waals surface area contributed by atoms with Crippen LogP contribution >= 0.6 is 0 Å². The number of benzene rings is 2. The standard InChI is InChI=1S/C27H31N5O8S/c1-27(2,3)39-26(33)28-12-17-13-29-32(15-17)14-16-8-21(37-5)24-22(9-16)40-30-25(24)31-41(34,35)23-11-19-18(6-7-38-19)10-20(23)36-4/h8-11,13,15H,6-7,12,14H2,1-5H3,(H,28,33)(H,30,31). The number of amides is 1. The van der Waals surface area contributed by atoms with Gasteiger partial charge in [-0.1, -0.05) is 5.16 Å². The van der Waals surface area contributed by atoms with E-state index in [1.54, 1.807) is 56.0 Å². The van der Waals surface area contributed by atoms with Crippen LogP contribution in [0.4, 0.5) is 10.6 Å². The van der Waals surface area contributed by atoms with Crippen molar-refractivity contribution in [1.82, 2.24) is 20.3 Å². The number of nitrogens with zero attached hydrogens (tertiary/aromatic N) is 3. The molecule has 0 saturated carbocycles. The summed E-state index contributed by atoms with van der Waals surface area (Å²) in [7, 11) is -1.25. The van der Waals surface area contributed by atoms with Gasteiger partial charge in [-0.3, -0.25) is 9.40 Å². The Labute approximate surface area is 236 Å². The van der Waals surface area contributed by atoms with Crippen LogP contribution in [0.2, 0.25) is 0 Å². The minimum Gasteiger partial charge on any atom is -0.496 e. The van der Waals surface area contributed by atoms with Gasteiger partial charge < -0.3 is 28.8 Å². The predicted octanol–water partition coefficient (Wildman–Crippen LogP) is 3.85. The smallest absolute Gasteiger partial charge is 0.407 e. The van der Waals surface area contributed by atoms with Gasteiger partial charge in [-0.2, -0.15) is 5.10 Å². The number of anilines is 1. The summed E-state index contributed by atoms with van der Waals surface area (Å²) in [5.74, 6) is 1.03. The molecule has 5 rings (SSSR count). The van der Waals surface area contributed by atoms with Crippen molar-refractivity contribution in [2.24, 2.45) is 0 Å². The van der Waals surface area contributed by atoms with Crippen LogP contribution in [0.5, 0.6) is 17.2 Å². The van der Waals surface area contributed by atoms with Gasteiger partial charge in [-0.15, -0.1) is 0 Å². The maximum atomic E-state index is 13.4. The Hall–Kier alpha value is -4.46. The molecule has 2 aromatic heterocycles. The SMILES string of the molecule is COc1cc2c(cc1S(=O)(=O)Nc1noc3cc(Cn4cc(CNC(=O)OC(C)(C)C)cn4)cc(OC)c13)OCC2. The zero-order valence-electron chi connectivity index (χ0n) is 23.3. The third-order valence-corrected chi connectivity index (χ3v) is 7.54. The van der Waals surface area contributed by atoms with Crippen molar-refractivity contribution in [3.63, 3.8) is 0 Å². The van der Waals surface area contributed by atoms with Gasteiger partial charge in [0, 0.05) is 36.4 Å². The first-order valence-corrected chi connectivity index (χ1v) is 14.2. The zero-order chi connectivity index (χ0) is 29.4. The molecule has 13 nitrogen and oxygen atoms in total. The topological polar surface area (TPSA) is 156 Å². The average Bonchev–Trinajstić information content (AvgIpc) is 3.65. The molecular formula is C27H31N5O8S. The van der Waals surface area contributed by atoms with Gasteiger partial charge in [0.1, 0.15) is 33.1 Å². The number of rotatable bonds is 9. The minimum atomic E-state index is -4.13. The van der Waals surface area contributed by atoms with Crippen molar-refractivity contribution in [2.75, 3.05) is 25.5 Å². The molecule has 0 saturated heterocycles. The number of methoxy groups -OCH3 is 2. The lowest BCUT2D eigenvalue weighted by molar-refractivity contribution is 0.0523. The van der Waals surface area contributed by atoms with E-state index in [-0.39, 0.29) is 23.0 Å². The summed E-state index contributed by atoms with van der Waals surface area (Å²) < 4.78 is 58.2. The lowest BCUT2D eigenvalue weighted by Gasteiger charge is -2.19. The fourth-order valence-corrected chi connectivity index (χ4v) is 5.58. The maximum absolute atomic E-state index is 13.4. The zero-order valence-corrected chi connectivity index (χ0v) is 24.1. The largest absolute Gasteiger partial charge is 0.496 e. The Kier molecular flexibility index (Phi) is 7.43. The number of aromatic nitrogens is 3. The molecule has 0 radical (unpaired) electrons. The monoisotopic (exact) mass is 585 g/mol. The van der Waals surface area contributed by atoms with E-state index >= 15 is 0 Å². The van der Waals surface area contributed by atoms with Crippen LogP contribution in [0.15, 0.2) is 46.1 Å². The average molecular weight is 586 g/mol. The number of hydrogen-bond acceptors (Lipinski definition) is 10. The van der Waals surface area contributed by atoms with Crippen molar-refractivity contribution >= 4 is 32.9 Å². The van der Waals surface area contributed by atoms with Crippen LogP contribution in [-0.4, -0.2) is 55.9 Å². The molecule has 4 aromatic rings. The first-order valence-electron chi connectivity index (χ1n) is 12.8. The summed E-state index contributed by atoms with van der Waals surface area (Å²) in [6, 6.07) is 6.59. The number of alkyl carbamates (subject to hydrolysis) is 1. The van der Waals surface area contributed by atoms with Crippen molar-refractivity contribution in [3.05, 3.63) is 53.3 Å². The van der Waals surface area contributed by atoms with Gasteiger partial charge >= 0.3 is 6.09 Å². The van der Waals surface area contributed by atoms with Gasteiger partial charge in [0.25, 0.3) is 10.0 Å².